The number of ketones is 1. The highest BCUT2D eigenvalue weighted by Gasteiger charge is 2.13. The van der Waals surface area contributed by atoms with Gasteiger partial charge >= 0.3 is 0 Å². The average Bonchev–Trinajstić information content (AvgIpc) is 2.25. The molecule has 0 amide bonds. The van der Waals surface area contributed by atoms with Gasteiger partial charge in [0.25, 0.3) is 0 Å². The number of benzene rings is 1. The molecule has 0 fully saturated rings. The maximum Gasteiger partial charge on any atom is 0.164 e. The van der Waals surface area contributed by atoms with Crippen LogP contribution in [0.2, 0.25) is 0 Å². The molecule has 0 saturated carbocycles. The largest absolute Gasteiger partial charge is 0.294 e. The van der Waals surface area contributed by atoms with Crippen molar-refractivity contribution < 1.29 is 9.18 Å². The summed E-state index contributed by atoms with van der Waals surface area (Å²) in [6.45, 7) is 3.50. The van der Waals surface area contributed by atoms with Gasteiger partial charge in [-0.05, 0) is 18.6 Å². The normalized spacial score (nSPS) is 9.33. The van der Waals surface area contributed by atoms with E-state index in [0.717, 1.165) is 0 Å². The lowest BCUT2D eigenvalue weighted by atomic mass is 10.0. The highest BCUT2D eigenvalue weighted by molar-refractivity contribution is 5.98. The Morgan fingerprint density at radius 2 is 2.33 bits per heavy atom. The van der Waals surface area contributed by atoms with Gasteiger partial charge in [0.05, 0.1) is 5.56 Å². The number of carbonyl (C=O) groups is 1. The number of Topliss-reactive ketones (excluding diaryl/α,β-unsaturated/α-hetero) is 1. The fraction of sp³-hybridized carbons (Fsp3) is 0.167. The molecule has 0 heterocycles. The summed E-state index contributed by atoms with van der Waals surface area (Å²) in [5, 5.41) is 8.71. The number of halogens is 1. The van der Waals surface area contributed by atoms with Gasteiger partial charge in [-0.15, -0.1) is 6.58 Å². The SMILES string of the molecule is C=CCCC(=O)c1cccc(F)c1C#N. The van der Waals surface area contributed by atoms with E-state index in [1.165, 1.54) is 18.2 Å². The van der Waals surface area contributed by atoms with Crippen molar-refractivity contribution in [1.29, 1.82) is 5.26 Å². The maximum atomic E-state index is 13.1. The van der Waals surface area contributed by atoms with Crippen molar-refractivity contribution in [3.05, 3.63) is 47.8 Å². The van der Waals surface area contributed by atoms with E-state index in [1.807, 2.05) is 0 Å². The Labute approximate surface area is 87.7 Å². The van der Waals surface area contributed by atoms with Crippen molar-refractivity contribution in [1.82, 2.24) is 0 Å². The molecule has 1 aromatic carbocycles. The second-order valence-electron chi connectivity index (χ2n) is 3.02. The first-order valence-corrected chi connectivity index (χ1v) is 4.53. The standard InChI is InChI=1S/C12H10FNO/c1-2-3-7-12(15)9-5-4-6-11(13)10(9)8-14/h2,4-6H,1,3,7H2. The summed E-state index contributed by atoms with van der Waals surface area (Å²) in [4.78, 5) is 11.6. The molecular weight excluding hydrogens is 193 g/mol. The summed E-state index contributed by atoms with van der Waals surface area (Å²) >= 11 is 0. The first-order valence-electron chi connectivity index (χ1n) is 4.53. The molecule has 76 valence electrons. The van der Waals surface area contributed by atoms with E-state index in [1.54, 1.807) is 12.1 Å². The van der Waals surface area contributed by atoms with Gasteiger partial charge in [-0.2, -0.15) is 5.26 Å². The highest BCUT2D eigenvalue weighted by atomic mass is 19.1. The highest BCUT2D eigenvalue weighted by Crippen LogP contribution is 2.15. The quantitative estimate of drug-likeness (QED) is 0.557. The van der Waals surface area contributed by atoms with Crippen LogP contribution in [0, 0.1) is 17.1 Å². The molecule has 0 atom stereocenters. The Morgan fingerprint density at radius 1 is 1.60 bits per heavy atom. The van der Waals surface area contributed by atoms with E-state index in [2.05, 4.69) is 6.58 Å². The molecule has 0 spiro atoms. The third-order valence-electron chi connectivity index (χ3n) is 2.00. The first-order chi connectivity index (χ1) is 7.20. The second kappa shape index (κ2) is 5.06. The second-order valence-corrected chi connectivity index (χ2v) is 3.02. The topological polar surface area (TPSA) is 40.9 Å². The van der Waals surface area contributed by atoms with Crippen LogP contribution in [0.25, 0.3) is 0 Å². The molecule has 0 aliphatic heterocycles. The minimum absolute atomic E-state index is 0.152. The van der Waals surface area contributed by atoms with Crippen LogP contribution in [0.15, 0.2) is 30.9 Å². The summed E-state index contributed by atoms with van der Waals surface area (Å²) in [6, 6.07) is 5.76. The number of hydrogen-bond acceptors (Lipinski definition) is 2. The van der Waals surface area contributed by atoms with Crippen molar-refractivity contribution >= 4 is 5.78 Å². The monoisotopic (exact) mass is 203 g/mol. The van der Waals surface area contributed by atoms with Gasteiger partial charge in [0.15, 0.2) is 5.78 Å². The number of nitriles is 1. The number of rotatable bonds is 4. The summed E-state index contributed by atoms with van der Waals surface area (Å²) in [5.41, 5.74) is -0.0223. The molecule has 1 aromatic rings. The average molecular weight is 203 g/mol. The Kier molecular flexibility index (Phi) is 3.75. The maximum absolute atomic E-state index is 13.1. The van der Waals surface area contributed by atoms with Gasteiger partial charge in [-0.3, -0.25) is 4.79 Å². The lowest BCUT2D eigenvalue weighted by Crippen LogP contribution is -2.03. The lowest BCUT2D eigenvalue weighted by molar-refractivity contribution is 0.0983. The van der Waals surface area contributed by atoms with Crippen molar-refractivity contribution in [2.24, 2.45) is 0 Å². The molecule has 0 aromatic heterocycles. The Hall–Kier alpha value is -1.95. The predicted molar refractivity (Wildman–Crippen MR) is 54.9 cm³/mol. The van der Waals surface area contributed by atoms with Crippen LogP contribution in [0.4, 0.5) is 4.39 Å². The first kappa shape index (κ1) is 11.1. The van der Waals surface area contributed by atoms with Crippen molar-refractivity contribution in [3.8, 4) is 6.07 Å². The van der Waals surface area contributed by atoms with Gasteiger partial charge < -0.3 is 0 Å². The Balaban J connectivity index is 3.04. The lowest BCUT2D eigenvalue weighted by Gasteiger charge is -2.02. The Bertz CT molecular complexity index is 432. The van der Waals surface area contributed by atoms with E-state index < -0.39 is 5.82 Å². The molecule has 1 rings (SSSR count). The molecule has 15 heavy (non-hydrogen) atoms. The van der Waals surface area contributed by atoms with Crippen LogP contribution in [0.5, 0.6) is 0 Å². The van der Waals surface area contributed by atoms with E-state index in [9.17, 15) is 9.18 Å². The third kappa shape index (κ3) is 2.50. The molecular formula is C12H10FNO. The van der Waals surface area contributed by atoms with E-state index in [0.29, 0.717) is 6.42 Å². The minimum Gasteiger partial charge on any atom is -0.294 e. The third-order valence-corrected chi connectivity index (χ3v) is 2.00. The summed E-state index contributed by atoms with van der Waals surface area (Å²) in [7, 11) is 0. The van der Waals surface area contributed by atoms with Crippen LogP contribution in [0.3, 0.4) is 0 Å². The molecule has 0 saturated heterocycles. The van der Waals surface area contributed by atoms with E-state index in [4.69, 9.17) is 5.26 Å². The van der Waals surface area contributed by atoms with Gasteiger partial charge in [-0.25, -0.2) is 4.39 Å². The van der Waals surface area contributed by atoms with Crippen LogP contribution in [-0.4, -0.2) is 5.78 Å². The minimum atomic E-state index is -0.651. The van der Waals surface area contributed by atoms with Gasteiger partial charge in [0.2, 0.25) is 0 Å². The zero-order valence-electron chi connectivity index (χ0n) is 8.16. The van der Waals surface area contributed by atoms with Crippen molar-refractivity contribution in [2.45, 2.75) is 12.8 Å². The van der Waals surface area contributed by atoms with Crippen LogP contribution >= 0.6 is 0 Å². The molecule has 0 radical (unpaired) electrons. The molecule has 0 bridgehead atoms. The summed E-state index contributed by atoms with van der Waals surface area (Å²) < 4.78 is 13.1. The zero-order chi connectivity index (χ0) is 11.3. The van der Waals surface area contributed by atoms with Gasteiger partial charge in [-0.1, -0.05) is 12.1 Å². The number of allylic oxidation sites excluding steroid dienone is 1. The van der Waals surface area contributed by atoms with E-state index >= 15 is 0 Å². The van der Waals surface area contributed by atoms with E-state index in [-0.39, 0.29) is 23.3 Å². The zero-order valence-corrected chi connectivity index (χ0v) is 8.16. The van der Waals surface area contributed by atoms with Crippen molar-refractivity contribution in [3.63, 3.8) is 0 Å². The van der Waals surface area contributed by atoms with Crippen molar-refractivity contribution in [2.75, 3.05) is 0 Å². The molecule has 0 aliphatic carbocycles. The van der Waals surface area contributed by atoms with Gasteiger partial charge in [0.1, 0.15) is 11.9 Å². The van der Waals surface area contributed by atoms with Crippen LogP contribution in [-0.2, 0) is 0 Å². The molecule has 0 unspecified atom stereocenters. The van der Waals surface area contributed by atoms with Gasteiger partial charge in [0, 0.05) is 12.0 Å². The fourth-order valence-corrected chi connectivity index (χ4v) is 1.24. The Morgan fingerprint density at radius 3 is 2.93 bits per heavy atom. The predicted octanol–water partition coefficient (Wildman–Crippen LogP) is 2.85. The van der Waals surface area contributed by atoms with Crippen LogP contribution in [0.1, 0.15) is 28.8 Å². The number of nitrogens with zero attached hydrogens (tertiary/aromatic N) is 1. The number of hydrogen-bond donors (Lipinski definition) is 0. The molecule has 0 aliphatic rings. The summed E-state index contributed by atoms with van der Waals surface area (Å²) in [6.07, 6.45) is 2.39. The molecule has 0 N–H and O–H groups in total. The molecule has 2 nitrogen and oxygen atoms in total. The molecule has 3 heteroatoms. The number of carbonyl (C=O) groups excluding carboxylic acids is 1. The smallest absolute Gasteiger partial charge is 0.164 e. The summed E-state index contributed by atoms with van der Waals surface area (Å²) in [5.74, 6) is -0.882. The van der Waals surface area contributed by atoms with Crippen LogP contribution < -0.4 is 0 Å². The fourth-order valence-electron chi connectivity index (χ4n) is 1.24.